The molecule has 0 bridgehead atoms. The number of carbonyl (C=O) groups is 1. The van der Waals surface area contributed by atoms with Gasteiger partial charge in [-0.25, -0.2) is 4.98 Å². The Hall–Kier alpha value is -2.36. The Labute approximate surface area is 125 Å². The third kappa shape index (κ3) is 3.60. The minimum absolute atomic E-state index is 0.160. The SMILES string of the molecule is CCc1ccccc1NC(=O)c1cc(N)nc(C(C)C)c1. The van der Waals surface area contributed by atoms with Crippen LogP contribution in [0.4, 0.5) is 11.5 Å². The summed E-state index contributed by atoms with van der Waals surface area (Å²) in [5.41, 5.74) is 9.10. The molecule has 0 aliphatic carbocycles. The van der Waals surface area contributed by atoms with E-state index in [4.69, 9.17) is 5.73 Å². The van der Waals surface area contributed by atoms with Crippen molar-refractivity contribution in [1.29, 1.82) is 0 Å². The average Bonchev–Trinajstić information content (AvgIpc) is 2.47. The quantitative estimate of drug-likeness (QED) is 0.900. The monoisotopic (exact) mass is 283 g/mol. The lowest BCUT2D eigenvalue weighted by Crippen LogP contribution is -2.15. The van der Waals surface area contributed by atoms with Crippen LogP contribution in [0.1, 0.15) is 48.3 Å². The van der Waals surface area contributed by atoms with Gasteiger partial charge in [-0.1, -0.05) is 39.0 Å². The molecule has 0 aliphatic heterocycles. The van der Waals surface area contributed by atoms with Crippen LogP contribution >= 0.6 is 0 Å². The first-order chi connectivity index (χ1) is 10.0. The first kappa shape index (κ1) is 15.0. The first-order valence-electron chi connectivity index (χ1n) is 7.18. The average molecular weight is 283 g/mol. The fourth-order valence-corrected chi connectivity index (χ4v) is 2.15. The molecule has 0 saturated heterocycles. The van der Waals surface area contributed by atoms with Gasteiger partial charge < -0.3 is 11.1 Å². The summed E-state index contributed by atoms with van der Waals surface area (Å²) in [4.78, 5) is 16.7. The van der Waals surface area contributed by atoms with Gasteiger partial charge >= 0.3 is 0 Å². The van der Waals surface area contributed by atoms with Crippen LogP contribution in [0.25, 0.3) is 0 Å². The van der Waals surface area contributed by atoms with Crippen molar-refractivity contribution in [1.82, 2.24) is 4.98 Å². The van der Waals surface area contributed by atoms with Gasteiger partial charge in [0.25, 0.3) is 5.91 Å². The molecule has 4 heteroatoms. The largest absolute Gasteiger partial charge is 0.384 e. The number of nitrogens with two attached hydrogens (primary N) is 1. The number of aryl methyl sites for hydroxylation is 1. The Morgan fingerprint density at radius 3 is 2.67 bits per heavy atom. The number of benzene rings is 1. The van der Waals surface area contributed by atoms with Gasteiger partial charge in [0.15, 0.2) is 0 Å². The molecule has 21 heavy (non-hydrogen) atoms. The molecule has 0 saturated carbocycles. The lowest BCUT2D eigenvalue weighted by Gasteiger charge is -2.12. The van der Waals surface area contributed by atoms with Crippen molar-refractivity contribution < 1.29 is 4.79 Å². The molecule has 1 heterocycles. The van der Waals surface area contributed by atoms with Gasteiger partial charge in [0.05, 0.1) is 0 Å². The van der Waals surface area contributed by atoms with E-state index in [0.717, 1.165) is 23.4 Å². The van der Waals surface area contributed by atoms with Crippen molar-refractivity contribution in [2.75, 3.05) is 11.1 Å². The van der Waals surface area contributed by atoms with Gasteiger partial charge in [-0.2, -0.15) is 0 Å². The highest BCUT2D eigenvalue weighted by Crippen LogP contribution is 2.19. The normalized spacial score (nSPS) is 10.7. The van der Waals surface area contributed by atoms with E-state index in [0.29, 0.717) is 11.4 Å². The molecule has 4 nitrogen and oxygen atoms in total. The molecule has 0 fully saturated rings. The first-order valence-corrected chi connectivity index (χ1v) is 7.18. The van der Waals surface area contributed by atoms with Gasteiger partial charge in [0.1, 0.15) is 5.82 Å². The molecule has 0 atom stereocenters. The molecule has 0 aliphatic rings. The Kier molecular flexibility index (Phi) is 4.58. The highest BCUT2D eigenvalue weighted by molar-refractivity contribution is 6.05. The standard InChI is InChI=1S/C17H21N3O/c1-4-12-7-5-6-8-14(12)20-17(21)13-9-15(11(2)3)19-16(18)10-13/h5-11H,4H2,1-3H3,(H2,18,19)(H,20,21). The number of pyridine rings is 1. The number of nitrogens with one attached hydrogen (secondary N) is 1. The van der Waals surface area contributed by atoms with Crippen LogP contribution in [0.3, 0.4) is 0 Å². The van der Waals surface area contributed by atoms with E-state index >= 15 is 0 Å². The zero-order chi connectivity index (χ0) is 15.4. The molecular formula is C17H21N3O. The molecule has 2 aromatic rings. The van der Waals surface area contributed by atoms with Gasteiger partial charge in [-0.05, 0) is 36.1 Å². The van der Waals surface area contributed by atoms with Gasteiger partial charge in [-0.3, -0.25) is 4.79 Å². The number of hydrogen-bond donors (Lipinski definition) is 2. The second-order valence-corrected chi connectivity index (χ2v) is 5.33. The summed E-state index contributed by atoms with van der Waals surface area (Å²) < 4.78 is 0. The summed E-state index contributed by atoms with van der Waals surface area (Å²) in [6.45, 7) is 6.11. The summed E-state index contributed by atoms with van der Waals surface area (Å²) in [6, 6.07) is 11.2. The summed E-state index contributed by atoms with van der Waals surface area (Å²) in [6.07, 6.45) is 0.867. The molecule has 0 spiro atoms. The van der Waals surface area contributed by atoms with E-state index in [1.54, 1.807) is 12.1 Å². The highest BCUT2D eigenvalue weighted by atomic mass is 16.1. The fourth-order valence-electron chi connectivity index (χ4n) is 2.15. The molecule has 1 aromatic heterocycles. The smallest absolute Gasteiger partial charge is 0.255 e. The van der Waals surface area contributed by atoms with Crippen molar-refractivity contribution in [2.45, 2.75) is 33.1 Å². The van der Waals surface area contributed by atoms with Crippen molar-refractivity contribution in [3.63, 3.8) is 0 Å². The van der Waals surface area contributed by atoms with E-state index in [1.165, 1.54) is 0 Å². The van der Waals surface area contributed by atoms with E-state index in [2.05, 4.69) is 17.2 Å². The highest BCUT2D eigenvalue weighted by Gasteiger charge is 2.12. The molecular weight excluding hydrogens is 262 g/mol. The molecule has 3 N–H and O–H groups in total. The zero-order valence-electron chi connectivity index (χ0n) is 12.7. The number of anilines is 2. The topological polar surface area (TPSA) is 68.0 Å². The maximum atomic E-state index is 12.4. The Morgan fingerprint density at radius 2 is 2.00 bits per heavy atom. The minimum atomic E-state index is -0.160. The predicted molar refractivity (Wildman–Crippen MR) is 86.5 cm³/mol. The third-order valence-corrected chi connectivity index (χ3v) is 3.37. The van der Waals surface area contributed by atoms with E-state index in [9.17, 15) is 4.79 Å². The van der Waals surface area contributed by atoms with Crippen LogP contribution in [0, 0.1) is 0 Å². The molecule has 2 rings (SSSR count). The fraction of sp³-hybridized carbons (Fsp3) is 0.294. The van der Waals surface area contributed by atoms with Crippen molar-refractivity contribution in [3.05, 3.63) is 53.2 Å². The summed E-state index contributed by atoms with van der Waals surface area (Å²) in [7, 11) is 0. The van der Waals surface area contributed by atoms with Crippen LogP contribution in [0.5, 0.6) is 0 Å². The van der Waals surface area contributed by atoms with Crippen LogP contribution in [-0.4, -0.2) is 10.9 Å². The lowest BCUT2D eigenvalue weighted by molar-refractivity contribution is 0.102. The summed E-state index contributed by atoms with van der Waals surface area (Å²) in [5.74, 6) is 0.435. The molecule has 1 aromatic carbocycles. The van der Waals surface area contributed by atoms with Crippen molar-refractivity contribution in [3.8, 4) is 0 Å². The van der Waals surface area contributed by atoms with Crippen LogP contribution in [0.2, 0.25) is 0 Å². The number of nitrogen functional groups attached to an aromatic ring is 1. The Balaban J connectivity index is 2.28. The number of carbonyl (C=O) groups excluding carboxylic acids is 1. The lowest BCUT2D eigenvalue weighted by atomic mass is 10.1. The molecule has 1 amide bonds. The van der Waals surface area contributed by atoms with E-state index in [-0.39, 0.29) is 11.8 Å². The molecule has 110 valence electrons. The summed E-state index contributed by atoms with van der Waals surface area (Å²) >= 11 is 0. The van der Waals surface area contributed by atoms with E-state index < -0.39 is 0 Å². The second kappa shape index (κ2) is 6.39. The maximum Gasteiger partial charge on any atom is 0.255 e. The maximum absolute atomic E-state index is 12.4. The number of rotatable bonds is 4. The van der Waals surface area contributed by atoms with Gasteiger partial charge in [0, 0.05) is 16.9 Å². The van der Waals surface area contributed by atoms with E-state index in [1.807, 2.05) is 38.1 Å². The number of amides is 1. The van der Waals surface area contributed by atoms with Gasteiger partial charge in [-0.15, -0.1) is 0 Å². The van der Waals surface area contributed by atoms with Crippen LogP contribution in [0.15, 0.2) is 36.4 Å². The molecule has 0 unspecified atom stereocenters. The number of nitrogens with zero attached hydrogens (tertiary/aromatic N) is 1. The Bertz CT molecular complexity index is 650. The second-order valence-electron chi connectivity index (χ2n) is 5.33. The zero-order valence-corrected chi connectivity index (χ0v) is 12.7. The predicted octanol–water partition coefficient (Wildman–Crippen LogP) is 3.60. The van der Waals surface area contributed by atoms with Gasteiger partial charge in [0.2, 0.25) is 0 Å². The molecule has 0 radical (unpaired) electrons. The number of aromatic nitrogens is 1. The van der Waals surface area contributed by atoms with Crippen molar-refractivity contribution >= 4 is 17.4 Å². The Morgan fingerprint density at radius 1 is 1.29 bits per heavy atom. The summed E-state index contributed by atoms with van der Waals surface area (Å²) in [5, 5.41) is 2.95. The number of para-hydroxylation sites is 1. The van der Waals surface area contributed by atoms with Crippen molar-refractivity contribution in [2.24, 2.45) is 0 Å². The number of hydrogen-bond acceptors (Lipinski definition) is 3. The van der Waals surface area contributed by atoms with Crippen LogP contribution in [-0.2, 0) is 6.42 Å². The minimum Gasteiger partial charge on any atom is -0.384 e. The third-order valence-electron chi connectivity index (χ3n) is 3.37. The van der Waals surface area contributed by atoms with Crippen LogP contribution < -0.4 is 11.1 Å².